The topological polar surface area (TPSA) is 46.8 Å². The quantitative estimate of drug-likeness (QED) is 0.870. The first-order valence-electron chi connectivity index (χ1n) is 9.14. The standard InChI is InChI=1S/C19H25N3O2/c23-19(17-14-21-9-5-4-8-18(21)20-17)22-10-11-24-16(13-22)12-15-6-2-1-3-7-15/h4-5,8-9,14-16H,1-3,6-7,10-13H2/t16-/m0/s1. The van der Waals surface area contributed by atoms with Crippen LogP contribution in [-0.2, 0) is 4.74 Å². The van der Waals surface area contributed by atoms with Crippen LogP contribution in [0.1, 0.15) is 49.0 Å². The Balaban J connectivity index is 1.42. The third kappa shape index (κ3) is 3.31. The van der Waals surface area contributed by atoms with E-state index >= 15 is 0 Å². The van der Waals surface area contributed by atoms with E-state index in [0.29, 0.717) is 25.4 Å². The van der Waals surface area contributed by atoms with E-state index in [2.05, 4.69) is 4.98 Å². The molecular weight excluding hydrogens is 302 g/mol. The summed E-state index contributed by atoms with van der Waals surface area (Å²) in [5, 5.41) is 0. The Morgan fingerprint density at radius 2 is 2.12 bits per heavy atom. The van der Waals surface area contributed by atoms with Crippen LogP contribution in [0.2, 0.25) is 0 Å². The van der Waals surface area contributed by atoms with Crippen molar-refractivity contribution in [3.8, 4) is 0 Å². The van der Waals surface area contributed by atoms with Crippen LogP contribution in [0.5, 0.6) is 0 Å². The maximum absolute atomic E-state index is 12.8. The molecule has 1 saturated carbocycles. The number of amides is 1. The molecule has 1 aliphatic heterocycles. The zero-order valence-electron chi connectivity index (χ0n) is 14.1. The van der Waals surface area contributed by atoms with Crippen molar-refractivity contribution in [2.24, 2.45) is 5.92 Å². The van der Waals surface area contributed by atoms with E-state index in [-0.39, 0.29) is 12.0 Å². The summed E-state index contributed by atoms with van der Waals surface area (Å²) in [7, 11) is 0. The van der Waals surface area contributed by atoms with E-state index in [0.717, 1.165) is 18.0 Å². The fourth-order valence-corrected chi connectivity index (χ4v) is 4.04. The molecule has 1 atom stereocenters. The number of pyridine rings is 1. The number of aromatic nitrogens is 2. The molecule has 4 rings (SSSR count). The summed E-state index contributed by atoms with van der Waals surface area (Å²) in [5.74, 6) is 0.796. The fraction of sp³-hybridized carbons (Fsp3) is 0.579. The lowest BCUT2D eigenvalue weighted by Crippen LogP contribution is -2.46. The van der Waals surface area contributed by atoms with Crippen molar-refractivity contribution in [3.05, 3.63) is 36.3 Å². The molecule has 2 aromatic rings. The van der Waals surface area contributed by atoms with Crippen molar-refractivity contribution in [2.45, 2.75) is 44.6 Å². The highest BCUT2D eigenvalue weighted by Crippen LogP contribution is 2.29. The number of carbonyl (C=O) groups excluding carboxylic acids is 1. The summed E-state index contributed by atoms with van der Waals surface area (Å²) in [6.45, 7) is 1.99. The second-order valence-electron chi connectivity index (χ2n) is 7.08. The predicted molar refractivity (Wildman–Crippen MR) is 92.0 cm³/mol. The van der Waals surface area contributed by atoms with Gasteiger partial charge in [-0.25, -0.2) is 4.98 Å². The minimum atomic E-state index is 0.0237. The summed E-state index contributed by atoms with van der Waals surface area (Å²) < 4.78 is 7.83. The molecule has 128 valence electrons. The normalized spacial score (nSPS) is 22.8. The number of ether oxygens (including phenoxy) is 1. The van der Waals surface area contributed by atoms with Gasteiger partial charge >= 0.3 is 0 Å². The van der Waals surface area contributed by atoms with Crippen LogP contribution in [0, 0.1) is 5.92 Å². The number of hydrogen-bond acceptors (Lipinski definition) is 3. The van der Waals surface area contributed by atoms with Gasteiger partial charge in [-0.2, -0.15) is 0 Å². The lowest BCUT2D eigenvalue weighted by Gasteiger charge is -2.35. The number of morpholine rings is 1. The third-order valence-corrected chi connectivity index (χ3v) is 5.33. The van der Waals surface area contributed by atoms with Gasteiger partial charge in [-0.05, 0) is 24.5 Å². The van der Waals surface area contributed by atoms with Crippen molar-refractivity contribution < 1.29 is 9.53 Å². The van der Waals surface area contributed by atoms with Gasteiger partial charge in [0.1, 0.15) is 11.3 Å². The van der Waals surface area contributed by atoms with Gasteiger partial charge in [0.05, 0.1) is 12.7 Å². The molecule has 0 spiro atoms. The first-order chi connectivity index (χ1) is 11.8. The van der Waals surface area contributed by atoms with Gasteiger partial charge < -0.3 is 14.0 Å². The van der Waals surface area contributed by atoms with Crippen LogP contribution in [0.25, 0.3) is 5.65 Å². The van der Waals surface area contributed by atoms with E-state index < -0.39 is 0 Å². The highest BCUT2D eigenvalue weighted by molar-refractivity contribution is 5.93. The first kappa shape index (κ1) is 15.6. The van der Waals surface area contributed by atoms with Gasteiger partial charge in [-0.1, -0.05) is 38.2 Å². The molecule has 0 radical (unpaired) electrons. The molecule has 2 aliphatic rings. The van der Waals surface area contributed by atoms with Crippen molar-refractivity contribution in [2.75, 3.05) is 19.7 Å². The van der Waals surface area contributed by atoms with E-state index in [1.807, 2.05) is 39.9 Å². The van der Waals surface area contributed by atoms with Gasteiger partial charge in [-0.3, -0.25) is 4.79 Å². The first-order valence-corrected chi connectivity index (χ1v) is 9.14. The van der Waals surface area contributed by atoms with Crippen LogP contribution in [0.15, 0.2) is 30.6 Å². The molecule has 0 N–H and O–H groups in total. The average molecular weight is 327 g/mol. The molecule has 1 saturated heterocycles. The van der Waals surface area contributed by atoms with Gasteiger partial charge in [0.15, 0.2) is 0 Å². The Morgan fingerprint density at radius 3 is 2.96 bits per heavy atom. The van der Waals surface area contributed by atoms with Gasteiger partial charge in [-0.15, -0.1) is 0 Å². The van der Waals surface area contributed by atoms with E-state index in [9.17, 15) is 4.79 Å². The lowest BCUT2D eigenvalue weighted by atomic mass is 9.85. The molecule has 5 nitrogen and oxygen atoms in total. The number of hydrogen-bond donors (Lipinski definition) is 0. The monoisotopic (exact) mass is 327 g/mol. The van der Waals surface area contributed by atoms with Crippen LogP contribution in [-0.4, -0.2) is 46.0 Å². The summed E-state index contributed by atoms with van der Waals surface area (Å²) in [6, 6.07) is 5.80. The number of carbonyl (C=O) groups is 1. The molecule has 2 aromatic heterocycles. The predicted octanol–water partition coefficient (Wildman–Crippen LogP) is 3.15. The maximum Gasteiger partial charge on any atom is 0.274 e. The summed E-state index contributed by atoms with van der Waals surface area (Å²) in [4.78, 5) is 19.2. The molecule has 2 fully saturated rings. The summed E-state index contributed by atoms with van der Waals surface area (Å²) in [6.07, 6.45) is 11.7. The molecule has 1 aliphatic carbocycles. The largest absolute Gasteiger partial charge is 0.375 e. The van der Waals surface area contributed by atoms with Crippen molar-refractivity contribution in [3.63, 3.8) is 0 Å². The van der Waals surface area contributed by atoms with Crippen LogP contribution < -0.4 is 0 Å². The molecule has 0 unspecified atom stereocenters. The second kappa shape index (κ2) is 6.93. The van der Waals surface area contributed by atoms with Gasteiger partial charge in [0.25, 0.3) is 5.91 Å². The zero-order chi connectivity index (χ0) is 16.4. The minimum absolute atomic E-state index is 0.0237. The number of rotatable bonds is 3. The molecular formula is C19H25N3O2. The Kier molecular flexibility index (Phi) is 4.52. The van der Waals surface area contributed by atoms with E-state index in [4.69, 9.17) is 4.74 Å². The van der Waals surface area contributed by atoms with Crippen molar-refractivity contribution in [1.82, 2.24) is 14.3 Å². The van der Waals surface area contributed by atoms with Crippen LogP contribution >= 0.6 is 0 Å². The van der Waals surface area contributed by atoms with E-state index in [1.54, 1.807) is 0 Å². The molecule has 3 heterocycles. The molecule has 1 amide bonds. The molecule has 0 bridgehead atoms. The summed E-state index contributed by atoms with van der Waals surface area (Å²) in [5.41, 5.74) is 1.34. The van der Waals surface area contributed by atoms with E-state index in [1.165, 1.54) is 32.1 Å². The highest BCUT2D eigenvalue weighted by atomic mass is 16.5. The summed E-state index contributed by atoms with van der Waals surface area (Å²) >= 11 is 0. The minimum Gasteiger partial charge on any atom is -0.375 e. The van der Waals surface area contributed by atoms with Gasteiger partial charge in [0, 0.05) is 25.5 Å². The number of imidazole rings is 1. The Bertz CT molecular complexity index is 672. The SMILES string of the molecule is O=C(c1cn2ccccc2n1)N1CCO[C@@H](CC2CCCCC2)C1. The Labute approximate surface area is 142 Å². The fourth-order valence-electron chi connectivity index (χ4n) is 4.04. The number of nitrogens with zero attached hydrogens (tertiary/aromatic N) is 3. The highest BCUT2D eigenvalue weighted by Gasteiger charge is 2.28. The van der Waals surface area contributed by atoms with Crippen molar-refractivity contribution >= 4 is 11.6 Å². The number of fused-ring (bicyclic) bond motifs is 1. The molecule has 24 heavy (non-hydrogen) atoms. The van der Waals surface area contributed by atoms with Crippen molar-refractivity contribution in [1.29, 1.82) is 0 Å². The zero-order valence-corrected chi connectivity index (χ0v) is 14.1. The lowest BCUT2D eigenvalue weighted by molar-refractivity contribution is -0.0338. The van der Waals surface area contributed by atoms with Crippen LogP contribution in [0.4, 0.5) is 0 Å². The Hall–Kier alpha value is -1.88. The smallest absolute Gasteiger partial charge is 0.274 e. The second-order valence-corrected chi connectivity index (χ2v) is 7.08. The maximum atomic E-state index is 12.8. The molecule has 0 aromatic carbocycles. The van der Waals surface area contributed by atoms with Crippen LogP contribution in [0.3, 0.4) is 0 Å². The molecule has 5 heteroatoms. The Morgan fingerprint density at radius 1 is 1.25 bits per heavy atom. The average Bonchev–Trinajstić information content (AvgIpc) is 3.06. The third-order valence-electron chi connectivity index (χ3n) is 5.33. The van der Waals surface area contributed by atoms with Gasteiger partial charge in [0.2, 0.25) is 0 Å².